The Hall–Kier alpha value is -3.36. The number of aromatic nitrogens is 3. The van der Waals surface area contributed by atoms with Crippen molar-refractivity contribution in [3.8, 4) is 0 Å². The maximum atomic E-state index is 13.8. The lowest BCUT2D eigenvalue weighted by Gasteiger charge is -2.29. The van der Waals surface area contributed by atoms with Crippen LogP contribution in [-0.4, -0.2) is 20.7 Å². The summed E-state index contributed by atoms with van der Waals surface area (Å²) in [6, 6.07) is 22.0. The van der Waals surface area contributed by atoms with E-state index in [-0.39, 0.29) is 5.91 Å². The zero-order chi connectivity index (χ0) is 26.1. The second-order valence-corrected chi connectivity index (χ2v) is 11.2. The monoisotopic (exact) mass is 573 g/mol. The minimum absolute atomic E-state index is 0.169. The molecule has 5 rings (SSSR count). The normalized spacial score (nSPS) is 14.8. The van der Waals surface area contributed by atoms with Crippen molar-refractivity contribution >= 4 is 45.2 Å². The maximum Gasteiger partial charge on any atom is 0.255 e. The summed E-state index contributed by atoms with van der Waals surface area (Å²) in [4.78, 5) is 18.5. The molecule has 2 heterocycles. The minimum atomic E-state index is -0.430. The highest BCUT2D eigenvalue weighted by molar-refractivity contribution is 9.10. The number of nitrogens with zero attached hydrogens (tertiary/aromatic N) is 3. The summed E-state index contributed by atoms with van der Waals surface area (Å²) in [6.07, 6.45) is 0. The first-order chi connectivity index (χ1) is 17.8. The predicted molar refractivity (Wildman–Crippen MR) is 154 cm³/mol. The third-order valence-electron chi connectivity index (χ3n) is 6.32. The number of carbonyl (C=O) groups excluding carboxylic acids is 1. The van der Waals surface area contributed by atoms with Crippen LogP contribution < -0.4 is 10.6 Å². The number of anilines is 2. The van der Waals surface area contributed by atoms with Gasteiger partial charge in [-0.1, -0.05) is 87.3 Å². The average molecular weight is 575 g/mol. The van der Waals surface area contributed by atoms with Crippen molar-refractivity contribution < 1.29 is 4.79 Å². The molecule has 0 saturated heterocycles. The molecule has 1 atom stereocenters. The summed E-state index contributed by atoms with van der Waals surface area (Å²) in [5.74, 6) is 1.22. The van der Waals surface area contributed by atoms with E-state index in [0.717, 1.165) is 38.3 Å². The average Bonchev–Trinajstić information content (AvgIpc) is 3.26. The van der Waals surface area contributed by atoms with Gasteiger partial charge in [0.15, 0.2) is 0 Å². The molecule has 0 fully saturated rings. The smallest absolute Gasteiger partial charge is 0.255 e. The van der Waals surface area contributed by atoms with Gasteiger partial charge in [0, 0.05) is 21.6 Å². The molecule has 1 amide bonds. The second-order valence-electron chi connectivity index (χ2n) is 9.33. The summed E-state index contributed by atoms with van der Waals surface area (Å²) in [5, 5.41) is 12.0. The number of fused-ring (bicyclic) bond motifs is 1. The van der Waals surface area contributed by atoms with Gasteiger partial charge in [0.25, 0.3) is 5.91 Å². The van der Waals surface area contributed by atoms with Gasteiger partial charge in [-0.3, -0.25) is 4.79 Å². The molecule has 6 nitrogen and oxygen atoms in total. The van der Waals surface area contributed by atoms with Gasteiger partial charge in [0.2, 0.25) is 11.1 Å². The Morgan fingerprint density at radius 1 is 1.03 bits per heavy atom. The van der Waals surface area contributed by atoms with Crippen LogP contribution in [0.1, 0.15) is 40.8 Å². The molecular formula is C29H28BrN5OS. The number of benzene rings is 3. The number of hydrogen-bond acceptors (Lipinski definition) is 5. The first kappa shape index (κ1) is 25.3. The molecule has 0 bridgehead atoms. The van der Waals surface area contributed by atoms with Crippen molar-refractivity contribution in [2.75, 3.05) is 10.6 Å². The zero-order valence-corrected chi connectivity index (χ0v) is 23.6. The fourth-order valence-electron chi connectivity index (χ4n) is 4.56. The van der Waals surface area contributed by atoms with Crippen LogP contribution in [0.25, 0.3) is 0 Å². The maximum absolute atomic E-state index is 13.8. The molecule has 1 aromatic heterocycles. The number of thioether (sulfide) groups is 1. The molecule has 8 heteroatoms. The van der Waals surface area contributed by atoms with Crippen molar-refractivity contribution in [1.82, 2.24) is 14.8 Å². The predicted octanol–water partition coefficient (Wildman–Crippen LogP) is 7.19. The van der Waals surface area contributed by atoms with E-state index in [1.807, 2.05) is 61.9 Å². The number of halogens is 1. The summed E-state index contributed by atoms with van der Waals surface area (Å²) < 4.78 is 2.76. The Balaban J connectivity index is 1.50. The molecule has 0 saturated carbocycles. The largest absolute Gasteiger partial charge is 0.328 e. The molecule has 3 aromatic carbocycles. The lowest BCUT2D eigenvalue weighted by molar-refractivity contribution is -0.113. The van der Waals surface area contributed by atoms with E-state index in [2.05, 4.69) is 63.8 Å². The number of hydrogen-bond donors (Lipinski definition) is 2. The standard InChI is InChI=1S/C29H28BrN5OS/c1-17-7-5-8-21(14-17)16-37-29-33-28-31-20(4)25(27(36)32-24-12-11-18(2)13-19(24)3)26(35(28)34-29)22-9-6-10-23(30)15-22/h5-15,26H,16H2,1-4H3,(H,32,36)(H,31,33,34). The van der Waals surface area contributed by atoms with E-state index in [1.165, 1.54) is 11.1 Å². The van der Waals surface area contributed by atoms with Crippen molar-refractivity contribution in [2.24, 2.45) is 0 Å². The fourth-order valence-corrected chi connectivity index (χ4v) is 5.75. The molecule has 0 radical (unpaired) electrons. The van der Waals surface area contributed by atoms with E-state index in [4.69, 9.17) is 10.1 Å². The molecule has 4 aromatic rings. The van der Waals surface area contributed by atoms with Crippen LogP contribution in [0.5, 0.6) is 0 Å². The Morgan fingerprint density at radius 3 is 2.57 bits per heavy atom. The van der Waals surface area contributed by atoms with Gasteiger partial charge >= 0.3 is 0 Å². The third kappa shape index (κ3) is 5.50. The van der Waals surface area contributed by atoms with Crippen molar-refractivity contribution in [3.05, 3.63) is 110 Å². The highest BCUT2D eigenvalue weighted by atomic mass is 79.9. The van der Waals surface area contributed by atoms with Crippen LogP contribution in [0.2, 0.25) is 0 Å². The van der Waals surface area contributed by atoms with E-state index in [0.29, 0.717) is 16.7 Å². The Bertz CT molecular complexity index is 1530. The molecule has 1 unspecified atom stereocenters. The van der Waals surface area contributed by atoms with Crippen molar-refractivity contribution in [3.63, 3.8) is 0 Å². The Morgan fingerprint density at radius 2 is 1.81 bits per heavy atom. The highest BCUT2D eigenvalue weighted by Crippen LogP contribution is 2.38. The number of allylic oxidation sites excluding steroid dienone is 1. The first-order valence-electron chi connectivity index (χ1n) is 12.1. The molecule has 1 aliphatic heterocycles. The van der Waals surface area contributed by atoms with E-state index < -0.39 is 6.04 Å². The number of nitrogens with one attached hydrogen (secondary N) is 2. The van der Waals surface area contributed by atoms with Gasteiger partial charge in [-0.2, -0.15) is 4.98 Å². The number of carbonyl (C=O) groups is 1. The zero-order valence-electron chi connectivity index (χ0n) is 21.2. The number of rotatable bonds is 6. The highest BCUT2D eigenvalue weighted by Gasteiger charge is 2.34. The molecule has 37 heavy (non-hydrogen) atoms. The molecule has 0 spiro atoms. The van der Waals surface area contributed by atoms with Gasteiger partial charge in [-0.15, -0.1) is 5.10 Å². The van der Waals surface area contributed by atoms with Crippen molar-refractivity contribution in [1.29, 1.82) is 0 Å². The molecular weight excluding hydrogens is 546 g/mol. The SMILES string of the molecule is CC1=C(C(=O)Nc2ccc(C)cc2C)C(c2cccc(Br)c2)n2nc(SCc3cccc(C)c3)nc2N1. The van der Waals surface area contributed by atoms with E-state index >= 15 is 0 Å². The van der Waals surface area contributed by atoms with Gasteiger partial charge < -0.3 is 10.6 Å². The molecule has 0 aliphatic carbocycles. The Labute approximate surface area is 229 Å². The number of aryl methyl sites for hydroxylation is 3. The fraction of sp³-hybridized carbons (Fsp3) is 0.207. The van der Waals surface area contributed by atoms with E-state index in [1.54, 1.807) is 11.8 Å². The van der Waals surface area contributed by atoms with Gasteiger partial charge in [0.1, 0.15) is 6.04 Å². The topological polar surface area (TPSA) is 71.8 Å². The lowest BCUT2D eigenvalue weighted by atomic mass is 9.95. The van der Waals surface area contributed by atoms with Crippen LogP contribution in [0.4, 0.5) is 11.6 Å². The summed E-state index contributed by atoms with van der Waals surface area (Å²) in [6.45, 7) is 8.05. The third-order valence-corrected chi connectivity index (χ3v) is 7.72. The van der Waals surface area contributed by atoms with Gasteiger partial charge in [-0.25, -0.2) is 4.68 Å². The molecule has 1 aliphatic rings. The number of amides is 1. The van der Waals surface area contributed by atoms with Crippen LogP contribution in [0.15, 0.2) is 87.6 Å². The summed E-state index contributed by atoms with van der Waals surface area (Å²) in [7, 11) is 0. The van der Waals surface area contributed by atoms with Crippen LogP contribution in [0, 0.1) is 20.8 Å². The van der Waals surface area contributed by atoms with Crippen LogP contribution in [0.3, 0.4) is 0 Å². The van der Waals surface area contributed by atoms with Gasteiger partial charge in [-0.05, 0) is 62.6 Å². The van der Waals surface area contributed by atoms with Crippen LogP contribution >= 0.6 is 27.7 Å². The second kappa shape index (κ2) is 10.6. The molecule has 188 valence electrons. The minimum Gasteiger partial charge on any atom is -0.328 e. The quantitative estimate of drug-likeness (QED) is 0.239. The van der Waals surface area contributed by atoms with Crippen molar-refractivity contribution in [2.45, 2.75) is 44.6 Å². The first-order valence-corrected chi connectivity index (χ1v) is 13.8. The summed E-state index contributed by atoms with van der Waals surface area (Å²) >= 11 is 5.17. The molecule has 2 N–H and O–H groups in total. The Kier molecular flexibility index (Phi) is 7.22. The summed E-state index contributed by atoms with van der Waals surface area (Å²) in [5.41, 5.74) is 7.71. The lowest BCUT2D eigenvalue weighted by Crippen LogP contribution is -2.31. The van der Waals surface area contributed by atoms with Crippen LogP contribution in [-0.2, 0) is 10.5 Å². The van der Waals surface area contributed by atoms with E-state index in [9.17, 15) is 4.79 Å². The van der Waals surface area contributed by atoms with Gasteiger partial charge in [0.05, 0.1) is 5.57 Å².